The van der Waals surface area contributed by atoms with Crippen molar-refractivity contribution in [2.75, 3.05) is 5.32 Å². The number of amides is 1. The molecule has 7 heteroatoms. The first-order chi connectivity index (χ1) is 10.1. The number of rotatable bonds is 3. The maximum Gasteiger partial charge on any atom is 0.350 e. The molecule has 0 unspecified atom stereocenters. The molecule has 106 valence electrons. The molecule has 0 aliphatic heterocycles. The number of carbonyl (C=O) groups excluding carboxylic acids is 1. The summed E-state index contributed by atoms with van der Waals surface area (Å²) in [6.07, 6.45) is 1.62. The molecule has 2 aromatic heterocycles. The SMILES string of the molecule is O=C(Cn1nc2ccccn2c1=O)Nc1ccccc1Br. The van der Waals surface area contributed by atoms with E-state index in [4.69, 9.17) is 0 Å². The highest BCUT2D eigenvalue weighted by atomic mass is 79.9. The third kappa shape index (κ3) is 2.73. The predicted molar refractivity (Wildman–Crippen MR) is 82.2 cm³/mol. The predicted octanol–water partition coefficient (Wildman–Crippen LogP) is 1.90. The third-order valence-electron chi connectivity index (χ3n) is 2.93. The van der Waals surface area contributed by atoms with E-state index in [0.29, 0.717) is 11.3 Å². The Morgan fingerprint density at radius 1 is 1.19 bits per heavy atom. The molecule has 0 fully saturated rings. The highest BCUT2D eigenvalue weighted by Crippen LogP contribution is 2.20. The molecule has 3 rings (SSSR count). The second-order valence-electron chi connectivity index (χ2n) is 4.40. The Labute approximate surface area is 128 Å². The van der Waals surface area contributed by atoms with Crippen molar-refractivity contribution < 1.29 is 4.79 Å². The molecule has 2 heterocycles. The number of anilines is 1. The third-order valence-corrected chi connectivity index (χ3v) is 3.62. The van der Waals surface area contributed by atoms with Crippen molar-refractivity contribution in [3.63, 3.8) is 0 Å². The molecule has 0 spiro atoms. The number of hydrogen-bond acceptors (Lipinski definition) is 3. The van der Waals surface area contributed by atoms with Gasteiger partial charge in [0.15, 0.2) is 5.65 Å². The average molecular weight is 347 g/mol. The molecule has 21 heavy (non-hydrogen) atoms. The van der Waals surface area contributed by atoms with E-state index in [1.165, 1.54) is 4.40 Å². The summed E-state index contributed by atoms with van der Waals surface area (Å²) in [6.45, 7) is -0.137. The zero-order valence-corrected chi connectivity index (χ0v) is 12.4. The molecule has 0 atom stereocenters. The van der Waals surface area contributed by atoms with Crippen LogP contribution in [0.25, 0.3) is 5.65 Å². The number of nitrogens with zero attached hydrogens (tertiary/aromatic N) is 3. The molecule has 1 N–H and O–H groups in total. The Balaban J connectivity index is 1.82. The van der Waals surface area contributed by atoms with Crippen LogP contribution in [0.5, 0.6) is 0 Å². The van der Waals surface area contributed by atoms with Gasteiger partial charge in [-0.2, -0.15) is 0 Å². The Morgan fingerprint density at radius 2 is 1.95 bits per heavy atom. The maximum atomic E-state index is 12.1. The van der Waals surface area contributed by atoms with Crippen LogP contribution in [-0.4, -0.2) is 20.1 Å². The van der Waals surface area contributed by atoms with Crippen LogP contribution in [-0.2, 0) is 11.3 Å². The molecule has 1 amide bonds. The van der Waals surface area contributed by atoms with Gasteiger partial charge in [-0.25, -0.2) is 9.48 Å². The second-order valence-corrected chi connectivity index (χ2v) is 5.25. The van der Waals surface area contributed by atoms with Crippen LogP contribution < -0.4 is 11.0 Å². The minimum atomic E-state index is -0.340. The Bertz CT molecular complexity index is 869. The lowest BCUT2D eigenvalue weighted by Gasteiger charge is -2.06. The highest BCUT2D eigenvalue weighted by Gasteiger charge is 2.11. The Morgan fingerprint density at radius 3 is 2.71 bits per heavy atom. The lowest BCUT2D eigenvalue weighted by molar-refractivity contribution is -0.117. The van der Waals surface area contributed by atoms with Crippen LogP contribution in [0.15, 0.2) is 57.9 Å². The summed E-state index contributed by atoms with van der Waals surface area (Å²) in [5, 5.41) is 6.85. The smallest absolute Gasteiger partial charge is 0.323 e. The summed E-state index contributed by atoms with van der Waals surface area (Å²) < 4.78 is 3.31. The minimum Gasteiger partial charge on any atom is -0.323 e. The molecule has 3 aromatic rings. The number of benzene rings is 1. The van der Waals surface area contributed by atoms with Crippen LogP contribution in [0, 0.1) is 0 Å². The van der Waals surface area contributed by atoms with Crippen molar-refractivity contribution in [3.05, 3.63) is 63.6 Å². The Hall–Kier alpha value is -2.41. The largest absolute Gasteiger partial charge is 0.350 e. The maximum absolute atomic E-state index is 12.1. The number of carbonyl (C=O) groups is 1. The van der Waals surface area contributed by atoms with Crippen LogP contribution in [0.1, 0.15) is 0 Å². The van der Waals surface area contributed by atoms with Crippen molar-refractivity contribution >= 4 is 33.2 Å². The number of halogens is 1. The van der Waals surface area contributed by atoms with Crippen LogP contribution in [0.4, 0.5) is 5.69 Å². The highest BCUT2D eigenvalue weighted by molar-refractivity contribution is 9.10. The summed E-state index contributed by atoms with van der Waals surface area (Å²) in [5.74, 6) is -0.313. The fourth-order valence-corrected chi connectivity index (χ4v) is 2.34. The summed E-state index contributed by atoms with van der Waals surface area (Å²) >= 11 is 3.35. The van der Waals surface area contributed by atoms with Crippen LogP contribution in [0.3, 0.4) is 0 Å². The number of aromatic nitrogens is 3. The minimum absolute atomic E-state index is 0.137. The van der Waals surface area contributed by atoms with E-state index in [1.807, 2.05) is 18.2 Å². The van der Waals surface area contributed by atoms with Gasteiger partial charge in [0, 0.05) is 10.7 Å². The van der Waals surface area contributed by atoms with Gasteiger partial charge in [-0.1, -0.05) is 18.2 Å². The molecule has 0 bridgehead atoms. The van der Waals surface area contributed by atoms with Gasteiger partial charge in [-0.3, -0.25) is 9.20 Å². The Kier molecular flexibility index (Phi) is 3.57. The fraction of sp³-hybridized carbons (Fsp3) is 0.0714. The van der Waals surface area contributed by atoms with Crippen LogP contribution >= 0.6 is 15.9 Å². The fourth-order valence-electron chi connectivity index (χ4n) is 1.96. The second kappa shape index (κ2) is 5.53. The molecule has 1 aromatic carbocycles. The van der Waals surface area contributed by atoms with Gasteiger partial charge in [-0.05, 0) is 40.2 Å². The normalized spacial score (nSPS) is 10.7. The van der Waals surface area contributed by atoms with Gasteiger partial charge in [-0.15, -0.1) is 5.10 Å². The van der Waals surface area contributed by atoms with Crippen molar-refractivity contribution in [1.29, 1.82) is 0 Å². The van der Waals surface area contributed by atoms with Crippen molar-refractivity contribution in [3.8, 4) is 0 Å². The summed E-state index contributed by atoms with van der Waals surface area (Å²) in [6, 6.07) is 12.5. The monoisotopic (exact) mass is 346 g/mol. The van der Waals surface area contributed by atoms with E-state index >= 15 is 0 Å². The molecule has 0 radical (unpaired) electrons. The van der Waals surface area contributed by atoms with Crippen LogP contribution in [0.2, 0.25) is 0 Å². The van der Waals surface area contributed by atoms with Gasteiger partial charge in [0.1, 0.15) is 6.54 Å². The quantitative estimate of drug-likeness (QED) is 0.787. The number of nitrogens with one attached hydrogen (secondary N) is 1. The van der Waals surface area contributed by atoms with E-state index in [0.717, 1.165) is 9.15 Å². The molecule has 0 saturated carbocycles. The lowest BCUT2D eigenvalue weighted by atomic mass is 10.3. The van der Waals surface area contributed by atoms with Gasteiger partial charge in [0.05, 0.1) is 5.69 Å². The van der Waals surface area contributed by atoms with Gasteiger partial charge in [0.25, 0.3) is 0 Å². The summed E-state index contributed by atoms with van der Waals surface area (Å²) in [4.78, 5) is 24.1. The van der Waals surface area contributed by atoms with Crippen molar-refractivity contribution in [2.45, 2.75) is 6.54 Å². The molecule has 0 saturated heterocycles. The number of hydrogen-bond donors (Lipinski definition) is 1. The standard InChI is InChI=1S/C14H11BrN4O2/c15-10-5-1-2-6-11(10)16-13(20)9-19-14(21)18-8-4-3-7-12(18)17-19/h1-8H,9H2,(H,16,20). The first-order valence-corrected chi connectivity index (χ1v) is 7.03. The lowest BCUT2D eigenvalue weighted by Crippen LogP contribution is -2.28. The summed E-state index contributed by atoms with van der Waals surface area (Å²) in [7, 11) is 0. The zero-order valence-electron chi connectivity index (χ0n) is 10.9. The number of fused-ring (bicyclic) bond motifs is 1. The topological polar surface area (TPSA) is 68.4 Å². The van der Waals surface area contributed by atoms with Crippen molar-refractivity contribution in [1.82, 2.24) is 14.2 Å². The molecule has 0 aliphatic rings. The average Bonchev–Trinajstić information content (AvgIpc) is 2.78. The van der Waals surface area contributed by atoms with Gasteiger partial charge >= 0.3 is 5.69 Å². The molecular weight excluding hydrogens is 336 g/mol. The van der Waals surface area contributed by atoms with E-state index < -0.39 is 0 Å². The van der Waals surface area contributed by atoms with Gasteiger partial charge in [0.2, 0.25) is 5.91 Å². The number of pyridine rings is 1. The molecule has 0 aliphatic carbocycles. The first-order valence-electron chi connectivity index (χ1n) is 6.24. The zero-order chi connectivity index (χ0) is 14.8. The van der Waals surface area contributed by atoms with E-state index in [1.54, 1.807) is 30.5 Å². The molecule has 6 nitrogen and oxygen atoms in total. The first kappa shape index (κ1) is 13.6. The van der Waals surface area contributed by atoms with Crippen molar-refractivity contribution in [2.24, 2.45) is 0 Å². The summed E-state index contributed by atoms with van der Waals surface area (Å²) in [5.41, 5.74) is 0.823. The van der Waals surface area contributed by atoms with E-state index in [9.17, 15) is 9.59 Å². The number of para-hydroxylation sites is 1. The molecular formula is C14H11BrN4O2. The van der Waals surface area contributed by atoms with E-state index in [2.05, 4.69) is 26.3 Å². The van der Waals surface area contributed by atoms with Gasteiger partial charge < -0.3 is 5.32 Å². The van der Waals surface area contributed by atoms with E-state index in [-0.39, 0.29) is 18.1 Å².